The van der Waals surface area contributed by atoms with Crippen LogP contribution in [0.15, 0.2) is 42.6 Å². The first kappa shape index (κ1) is 16.3. The van der Waals surface area contributed by atoms with E-state index in [0.717, 1.165) is 16.4 Å². The third-order valence-corrected chi connectivity index (χ3v) is 3.43. The summed E-state index contributed by atoms with van der Waals surface area (Å²) in [6, 6.07) is 11.3. The molecule has 0 saturated heterocycles. The molecule has 0 atom stereocenters. The second-order valence-electron chi connectivity index (χ2n) is 5.52. The summed E-state index contributed by atoms with van der Waals surface area (Å²) in [6.07, 6.45) is 2.15. The molecule has 0 aliphatic carbocycles. The minimum absolute atomic E-state index is 0.00794. The van der Waals surface area contributed by atoms with Crippen molar-refractivity contribution in [3.05, 3.63) is 53.2 Å². The molecule has 0 radical (unpaired) electrons. The maximum atomic E-state index is 11.7. The molecule has 1 amide bonds. The summed E-state index contributed by atoms with van der Waals surface area (Å²) in [5, 5.41) is 6.77. The first-order valence-electron chi connectivity index (χ1n) is 7.28. The monoisotopic (exact) mass is 317 g/mol. The zero-order chi connectivity index (χ0) is 15.9. The van der Waals surface area contributed by atoms with Gasteiger partial charge in [-0.2, -0.15) is 0 Å². The number of carbonyl (C=O) groups excluding carboxylic acids is 1. The van der Waals surface area contributed by atoms with Gasteiger partial charge in [0.05, 0.1) is 11.9 Å². The smallest absolute Gasteiger partial charge is 0.224 e. The Kier molecular flexibility index (Phi) is 5.78. The molecular weight excluding hydrogens is 298 g/mol. The van der Waals surface area contributed by atoms with E-state index in [-0.39, 0.29) is 5.91 Å². The van der Waals surface area contributed by atoms with E-state index in [1.807, 2.05) is 50.2 Å². The van der Waals surface area contributed by atoms with Crippen molar-refractivity contribution in [1.82, 2.24) is 4.98 Å². The molecule has 0 unspecified atom stereocenters. The molecule has 0 saturated carbocycles. The summed E-state index contributed by atoms with van der Waals surface area (Å²) in [5.74, 6) is 1.08. The average molecular weight is 318 g/mol. The van der Waals surface area contributed by atoms with Crippen molar-refractivity contribution in [2.45, 2.75) is 26.8 Å². The number of pyridine rings is 1. The van der Waals surface area contributed by atoms with Crippen LogP contribution in [-0.2, 0) is 11.3 Å². The molecule has 4 nitrogen and oxygen atoms in total. The Balaban J connectivity index is 1.89. The zero-order valence-corrected chi connectivity index (χ0v) is 13.5. The number of halogens is 1. The Hall–Kier alpha value is -2.07. The predicted molar refractivity (Wildman–Crippen MR) is 91.1 cm³/mol. The lowest BCUT2D eigenvalue weighted by Gasteiger charge is -2.09. The van der Waals surface area contributed by atoms with Gasteiger partial charge in [-0.1, -0.05) is 43.6 Å². The Labute approximate surface area is 135 Å². The van der Waals surface area contributed by atoms with Crippen LogP contribution < -0.4 is 10.6 Å². The maximum absolute atomic E-state index is 11.7. The lowest BCUT2D eigenvalue weighted by Crippen LogP contribution is -2.14. The Morgan fingerprint density at radius 1 is 1.23 bits per heavy atom. The summed E-state index contributed by atoms with van der Waals surface area (Å²) in [7, 11) is 0. The van der Waals surface area contributed by atoms with E-state index in [9.17, 15) is 4.79 Å². The number of aromatic nitrogens is 1. The molecule has 2 rings (SSSR count). The van der Waals surface area contributed by atoms with Crippen molar-refractivity contribution in [3.63, 3.8) is 0 Å². The van der Waals surface area contributed by atoms with Gasteiger partial charge in [-0.15, -0.1) is 0 Å². The summed E-state index contributed by atoms with van der Waals surface area (Å²) in [4.78, 5) is 16.0. The third kappa shape index (κ3) is 5.04. The molecule has 1 aromatic heterocycles. The van der Waals surface area contributed by atoms with E-state index < -0.39 is 0 Å². The Morgan fingerprint density at radius 3 is 2.64 bits per heavy atom. The largest absolute Gasteiger partial charge is 0.366 e. The minimum atomic E-state index is 0.00794. The van der Waals surface area contributed by atoms with Crippen LogP contribution in [0.25, 0.3) is 0 Å². The van der Waals surface area contributed by atoms with E-state index in [4.69, 9.17) is 11.6 Å². The van der Waals surface area contributed by atoms with E-state index in [0.29, 0.717) is 24.6 Å². The number of amides is 1. The number of hydrogen-bond donors (Lipinski definition) is 2. The molecular formula is C17H20ClN3O. The quantitative estimate of drug-likeness (QED) is 0.833. The minimum Gasteiger partial charge on any atom is -0.366 e. The number of benzene rings is 1. The third-order valence-electron chi connectivity index (χ3n) is 3.06. The van der Waals surface area contributed by atoms with Crippen LogP contribution >= 0.6 is 11.6 Å². The summed E-state index contributed by atoms with van der Waals surface area (Å²) >= 11 is 6.11. The molecule has 0 fully saturated rings. The number of nitrogens with one attached hydrogen (secondary N) is 2. The second-order valence-corrected chi connectivity index (χ2v) is 5.93. The van der Waals surface area contributed by atoms with Gasteiger partial charge in [0.25, 0.3) is 0 Å². The van der Waals surface area contributed by atoms with Gasteiger partial charge in [-0.25, -0.2) is 4.98 Å². The SMILES string of the molecule is CC(C)CC(=O)Nc1ccc(NCc2ccccc2Cl)nc1. The van der Waals surface area contributed by atoms with Gasteiger partial charge in [0.15, 0.2) is 0 Å². The maximum Gasteiger partial charge on any atom is 0.224 e. The normalized spacial score (nSPS) is 10.5. The molecule has 0 spiro atoms. The number of rotatable bonds is 6. The van der Waals surface area contributed by atoms with Crippen LogP contribution in [0.1, 0.15) is 25.8 Å². The van der Waals surface area contributed by atoms with Crippen LogP contribution in [0.2, 0.25) is 5.02 Å². The molecule has 5 heteroatoms. The highest BCUT2D eigenvalue weighted by atomic mass is 35.5. The van der Waals surface area contributed by atoms with Crippen LogP contribution in [0, 0.1) is 5.92 Å². The van der Waals surface area contributed by atoms with E-state index in [1.54, 1.807) is 6.20 Å². The fourth-order valence-corrected chi connectivity index (χ4v) is 2.19. The standard InChI is InChI=1S/C17H20ClN3O/c1-12(2)9-17(22)21-14-7-8-16(20-11-14)19-10-13-5-3-4-6-15(13)18/h3-8,11-12H,9-10H2,1-2H3,(H,19,20)(H,21,22). The lowest BCUT2D eigenvalue weighted by atomic mass is 10.1. The van der Waals surface area contributed by atoms with Crippen LogP contribution in [0.4, 0.5) is 11.5 Å². The van der Waals surface area contributed by atoms with Gasteiger partial charge < -0.3 is 10.6 Å². The van der Waals surface area contributed by atoms with Crippen molar-refractivity contribution in [2.24, 2.45) is 5.92 Å². The Morgan fingerprint density at radius 2 is 2.00 bits per heavy atom. The molecule has 2 aromatic rings. The zero-order valence-electron chi connectivity index (χ0n) is 12.8. The molecule has 1 aromatic carbocycles. The van der Waals surface area contributed by atoms with Gasteiger partial charge in [0, 0.05) is 18.0 Å². The fraction of sp³-hybridized carbons (Fsp3) is 0.294. The van der Waals surface area contributed by atoms with Crippen LogP contribution in [0.5, 0.6) is 0 Å². The van der Waals surface area contributed by atoms with E-state index in [1.165, 1.54) is 0 Å². The summed E-state index contributed by atoms with van der Waals surface area (Å²) < 4.78 is 0. The van der Waals surface area contributed by atoms with Gasteiger partial charge in [0.2, 0.25) is 5.91 Å². The highest BCUT2D eigenvalue weighted by Crippen LogP contribution is 2.17. The number of hydrogen-bond acceptors (Lipinski definition) is 3. The molecule has 22 heavy (non-hydrogen) atoms. The molecule has 1 heterocycles. The lowest BCUT2D eigenvalue weighted by molar-refractivity contribution is -0.116. The van der Waals surface area contributed by atoms with Gasteiger partial charge in [0.1, 0.15) is 5.82 Å². The van der Waals surface area contributed by atoms with Crippen LogP contribution in [0.3, 0.4) is 0 Å². The number of carbonyl (C=O) groups is 1. The Bertz CT molecular complexity index is 626. The van der Waals surface area contributed by atoms with Gasteiger partial charge in [-0.05, 0) is 29.7 Å². The van der Waals surface area contributed by atoms with Gasteiger partial charge >= 0.3 is 0 Å². The number of anilines is 2. The van der Waals surface area contributed by atoms with Crippen LogP contribution in [-0.4, -0.2) is 10.9 Å². The molecule has 116 valence electrons. The first-order chi connectivity index (χ1) is 10.5. The summed E-state index contributed by atoms with van der Waals surface area (Å²) in [6.45, 7) is 4.63. The van der Waals surface area contributed by atoms with Crippen molar-refractivity contribution in [2.75, 3.05) is 10.6 Å². The van der Waals surface area contributed by atoms with E-state index >= 15 is 0 Å². The molecule has 2 N–H and O–H groups in total. The molecule has 0 aliphatic rings. The summed E-state index contributed by atoms with van der Waals surface area (Å²) in [5.41, 5.74) is 1.72. The van der Waals surface area contributed by atoms with Crippen molar-refractivity contribution in [3.8, 4) is 0 Å². The predicted octanol–water partition coefficient (Wildman–Crippen LogP) is 4.33. The van der Waals surface area contributed by atoms with E-state index in [2.05, 4.69) is 15.6 Å². The second kappa shape index (κ2) is 7.80. The van der Waals surface area contributed by atoms with Crippen molar-refractivity contribution in [1.29, 1.82) is 0 Å². The topological polar surface area (TPSA) is 54.0 Å². The highest BCUT2D eigenvalue weighted by molar-refractivity contribution is 6.31. The molecule has 0 aliphatic heterocycles. The fourth-order valence-electron chi connectivity index (χ4n) is 1.98. The molecule has 0 bridgehead atoms. The van der Waals surface area contributed by atoms with Crippen molar-refractivity contribution < 1.29 is 4.79 Å². The van der Waals surface area contributed by atoms with Gasteiger partial charge in [-0.3, -0.25) is 4.79 Å². The van der Waals surface area contributed by atoms with Crippen molar-refractivity contribution >= 4 is 29.0 Å². The first-order valence-corrected chi connectivity index (χ1v) is 7.65. The highest BCUT2D eigenvalue weighted by Gasteiger charge is 2.05. The average Bonchev–Trinajstić information content (AvgIpc) is 2.47. The number of nitrogens with zero attached hydrogens (tertiary/aromatic N) is 1.